The van der Waals surface area contributed by atoms with Crippen LogP contribution < -0.4 is 10.5 Å². The van der Waals surface area contributed by atoms with Gasteiger partial charge in [0.2, 0.25) is 0 Å². The Morgan fingerprint density at radius 2 is 1.85 bits per heavy atom. The molecule has 1 aliphatic rings. The van der Waals surface area contributed by atoms with Crippen molar-refractivity contribution in [2.24, 2.45) is 11.7 Å². The molecular formula is C17H28N2O. The van der Waals surface area contributed by atoms with Gasteiger partial charge < -0.3 is 10.5 Å². The van der Waals surface area contributed by atoms with Crippen LogP contribution in [0.4, 0.5) is 0 Å². The molecular weight excluding hydrogens is 248 g/mol. The highest BCUT2D eigenvalue weighted by atomic mass is 16.5. The Balaban J connectivity index is 1.96. The third-order valence-corrected chi connectivity index (χ3v) is 4.30. The van der Waals surface area contributed by atoms with Crippen molar-refractivity contribution in [3.8, 4) is 5.75 Å². The lowest BCUT2D eigenvalue weighted by Gasteiger charge is -2.42. The molecule has 0 aromatic heterocycles. The third-order valence-electron chi connectivity index (χ3n) is 4.30. The van der Waals surface area contributed by atoms with Gasteiger partial charge in [0.1, 0.15) is 5.75 Å². The van der Waals surface area contributed by atoms with Crippen molar-refractivity contribution in [2.75, 3.05) is 19.7 Å². The molecule has 1 atom stereocenters. The van der Waals surface area contributed by atoms with E-state index in [1.807, 2.05) is 19.1 Å². The highest BCUT2D eigenvalue weighted by Gasteiger charge is 2.30. The maximum atomic E-state index is 6.56. The summed E-state index contributed by atoms with van der Waals surface area (Å²) in [4.78, 5) is 2.43. The summed E-state index contributed by atoms with van der Waals surface area (Å²) in [5.74, 6) is 1.77. The van der Waals surface area contributed by atoms with Gasteiger partial charge in [-0.3, -0.25) is 4.90 Å². The van der Waals surface area contributed by atoms with Crippen molar-refractivity contribution in [2.45, 2.75) is 45.7 Å². The van der Waals surface area contributed by atoms with Crippen LogP contribution in [-0.2, 0) is 6.42 Å². The van der Waals surface area contributed by atoms with Gasteiger partial charge in [-0.05, 0) is 50.3 Å². The number of nitrogens with zero attached hydrogens (tertiary/aromatic N) is 1. The molecule has 0 amide bonds. The van der Waals surface area contributed by atoms with E-state index in [2.05, 4.69) is 30.9 Å². The Bertz CT molecular complexity index is 406. The summed E-state index contributed by atoms with van der Waals surface area (Å²) >= 11 is 0. The lowest BCUT2D eigenvalue weighted by molar-refractivity contribution is 0.0695. The average molecular weight is 276 g/mol. The second-order valence-corrected chi connectivity index (χ2v) is 6.28. The summed E-state index contributed by atoms with van der Waals surface area (Å²) in [5, 5.41) is 0. The first-order valence-electron chi connectivity index (χ1n) is 7.77. The van der Waals surface area contributed by atoms with E-state index in [0.29, 0.717) is 6.61 Å². The van der Waals surface area contributed by atoms with Crippen LogP contribution in [0.5, 0.6) is 5.75 Å². The Hall–Kier alpha value is -1.06. The van der Waals surface area contributed by atoms with Crippen molar-refractivity contribution in [1.82, 2.24) is 4.90 Å². The van der Waals surface area contributed by atoms with Crippen LogP contribution in [0.25, 0.3) is 0 Å². The minimum Gasteiger partial charge on any atom is -0.494 e. The molecule has 3 heteroatoms. The first-order valence-corrected chi connectivity index (χ1v) is 7.77. The number of likely N-dealkylation sites (tertiary alicyclic amines) is 1. The standard InChI is InChI=1S/C17H28N2O/c1-4-20-16-7-5-15(6-8-16)13-17(3,18)19-11-9-14(2)10-12-19/h5-8,14H,4,9-13,18H2,1-3H3. The van der Waals surface area contributed by atoms with Crippen molar-refractivity contribution >= 4 is 0 Å². The minimum absolute atomic E-state index is 0.257. The van der Waals surface area contributed by atoms with Gasteiger partial charge in [0.25, 0.3) is 0 Å². The molecule has 2 rings (SSSR count). The van der Waals surface area contributed by atoms with Crippen molar-refractivity contribution < 1.29 is 4.74 Å². The van der Waals surface area contributed by atoms with Crippen LogP contribution in [-0.4, -0.2) is 30.3 Å². The predicted molar refractivity (Wildman–Crippen MR) is 83.9 cm³/mol. The molecule has 3 nitrogen and oxygen atoms in total. The summed E-state index contributed by atoms with van der Waals surface area (Å²) in [6.45, 7) is 9.43. The highest BCUT2D eigenvalue weighted by Crippen LogP contribution is 2.24. The SMILES string of the molecule is CCOc1ccc(CC(C)(N)N2CCC(C)CC2)cc1. The number of benzene rings is 1. The maximum absolute atomic E-state index is 6.56. The topological polar surface area (TPSA) is 38.5 Å². The molecule has 112 valence electrons. The normalized spacial score (nSPS) is 20.6. The van der Waals surface area contributed by atoms with Gasteiger partial charge in [0.05, 0.1) is 12.3 Å². The van der Waals surface area contributed by atoms with Crippen LogP contribution >= 0.6 is 0 Å². The molecule has 2 N–H and O–H groups in total. The summed E-state index contributed by atoms with van der Waals surface area (Å²) in [6, 6.07) is 8.33. The number of hydrogen-bond acceptors (Lipinski definition) is 3. The Morgan fingerprint density at radius 3 is 2.40 bits per heavy atom. The zero-order valence-electron chi connectivity index (χ0n) is 13.1. The van der Waals surface area contributed by atoms with Crippen LogP contribution in [0.15, 0.2) is 24.3 Å². The van der Waals surface area contributed by atoms with Crippen molar-refractivity contribution in [3.63, 3.8) is 0 Å². The molecule has 1 saturated heterocycles. The second-order valence-electron chi connectivity index (χ2n) is 6.28. The molecule has 20 heavy (non-hydrogen) atoms. The van der Waals surface area contributed by atoms with Crippen LogP contribution in [0.1, 0.15) is 39.2 Å². The van der Waals surface area contributed by atoms with Crippen LogP contribution in [0, 0.1) is 5.92 Å². The summed E-state index contributed by atoms with van der Waals surface area (Å²) < 4.78 is 5.48. The molecule has 0 bridgehead atoms. The van der Waals surface area contributed by atoms with E-state index < -0.39 is 0 Å². The molecule has 0 radical (unpaired) electrons. The first kappa shape index (κ1) is 15.3. The molecule has 1 aromatic carbocycles. The third kappa shape index (κ3) is 3.97. The highest BCUT2D eigenvalue weighted by molar-refractivity contribution is 5.28. The van der Waals surface area contributed by atoms with Gasteiger partial charge in [-0.15, -0.1) is 0 Å². The fraction of sp³-hybridized carbons (Fsp3) is 0.647. The Labute approximate surface area is 123 Å². The van der Waals surface area contributed by atoms with Crippen molar-refractivity contribution in [3.05, 3.63) is 29.8 Å². The summed E-state index contributed by atoms with van der Waals surface area (Å²) in [5.41, 5.74) is 7.58. The fourth-order valence-corrected chi connectivity index (χ4v) is 2.91. The van der Waals surface area contributed by atoms with E-state index in [0.717, 1.165) is 31.2 Å². The molecule has 1 unspecified atom stereocenters. The molecule has 1 aliphatic heterocycles. The van der Waals surface area contributed by atoms with Crippen LogP contribution in [0.3, 0.4) is 0 Å². The molecule has 0 saturated carbocycles. The van der Waals surface area contributed by atoms with E-state index >= 15 is 0 Å². The minimum atomic E-state index is -0.257. The number of ether oxygens (including phenoxy) is 1. The van der Waals surface area contributed by atoms with Gasteiger partial charge >= 0.3 is 0 Å². The summed E-state index contributed by atoms with van der Waals surface area (Å²) in [6.07, 6.45) is 3.40. The van der Waals surface area contributed by atoms with Gasteiger partial charge in [-0.1, -0.05) is 19.1 Å². The number of piperidine rings is 1. The Morgan fingerprint density at radius 1 is 1.25 bits per heavy atom. The van der Waals surface area contributed by atoms with E-state index in [4.69, 9.17) is 10.5 Å². The monoisotopic (exact) mass is 276 g/mol. The van der Waals surface area contributed by atoms with E-state index in [-0.39, 0.29) is 5.66 Å². The fourth-order valence-electron chi connectivity index (χ4n) is 2.91. The quantitative estimate of drug-likeness (QED) is 0.898. The van der Waals surface area contributed by atoms with E-state index in [1.54, 1.807) is 0 Å². The number of rotatable bonds is 5. The van der Waals surface area contributed by atoms with Crippen molar-refractivity contribution in [1.29, 1.82) is 0 Å². The Kier molecular flexibility index (Phi) is 5.06. The molecule has 1 heterocycles. The number of nitrogens with two attached hydrogens (primary N) is 1. The zero-order valence-corrected chi connectivity index (χ0v) is 13.1. The number of hydrogen-bond donors (Lipinski definition) is 1. The van der Waals surface area contributed by atoms with Crippen LogP contribution in [0.2, 0.25) is 0 Å². The average Bonchev–Trinajstić information content (AvgIpc) is 2.41. The lowest BCUT2D eigenvalue weighted by Crippen LogP contribution is -2.57. The van der Waals surface area contributed by atoms with E-state index in [1.165, 1.54) is 18.4 Å². The van der Waals surface area contributed by atoms with Gasteiger partial charge in [0.15, 0.2) is 0 Å². The van der Waals surface area contributed by atoms with E-state index in [9.17, 15) is 0 Å². The summed E-state index contributed by atoms with van der Waals surface area (Å²) in [7, 11) is 0. The lowest BCUT2D eigenvalue weighted by atomic mass is 9.93. The second kappa shape index (κ2) is 6.59. The largest absolute Gasteiger partial charge is 0.494 e. The van der Waals surface area contributed by atoms with Gasteiger partial charge in [-0.25, -0.2) is 0 Å². The van der Waals surface area contributed by atoms with Gasteiger partial charge in [0, 0.05) is 19.5 Å². The molecule has 0 aliphatic carbocycles. The smallest absolute Gasteiger partial charge is 0.119 e. The molecule has 0 spiro atoms. The maximum Gasteiger partial charge on any atom is 0.119 e. The van der Waals surface area contributed by atoms with Gasteiger partial charge in [-0.2, -0.15) is 0 Å². The molecule has 1 aromatic rings. The first-order chi connectivity index (χ1) is 9.51. The molecule has 1 fully saturated rings. The zero-order chi connectivity index (χ0) is 14.6. The predicted octanol–water partition coefficient (Wildman–Crippen LogP) is 3.03.